The minimum absolute atomic E-state index is 0.00720. The molecule has 0 saturated carbocycles. The van der Waals surface area contributed by atoms with Crippen molar-refractivity contribution >= 4 is 23.4 Å². The molecule has 3 aromatic rings. The molecule has 0 unspecified atom stereocenters. The number of nitrogens with zero attached hydrogens (tertiary/aromatic N) is 3. The van der Waals surface area contributed by atoms with Crippen LogP contribution in [-0.2, 0) is 17.1 Å². The van der Waals surface area contributed by atoms with Crippen molar-refractivity contribution in [3.8, 4) is 5.69 Å². The Morgan fingerprint density at radius 2 is 1.57 bits per heavy atom. The maximum Gasteiger partial charge on any atom is 0.416 e. The lowest BCUT2D eigenvalue weighted by atomic mass is 10.1. The minimum atomic E-state index is -5.00. The van der Waals surface area contributed by atoms with Crippen LogP contribution in [0, 0.1) is 0 Å². The molecule has 0 fully saturated rings. The third kappa shape index (κ3) is 5.32. The molecule has 1 aromatic heterocycles. The van der Waals surface area contributed by atoms with Gasteiger partial charge in [-0.2, -0.15) is 26.3 Å². The van der Waals surface area contributed by atoms with E-state index < -0.39 is 35.1 Å². The maximum absolute atomic E-state index is 12.9. The van der Waals surface area contributed by atoms with Crippen molar-refractivity contribution < 1.29 is 31.1 Å². The zero-order valence-corrected chi connectivity index (χ0v) is 15.6. The van der Waals surface area contributed by atoms with E-state index >= 15 is 0 Å². The molecule has 5 nitrogen and oxygen atoms in total. The first-order valence-corrected chi connectivity index (χ1v) is 9.20. The normalized spacial score (nSPS) is 12.1. The summed E-state index contributed by atoms with van der Waals surface area (Å²) in [5.74, 6) is -1.10. The standard InChI is InChI=1S/C18H12F6N4OS/c19-17(20,21)11-6-12(18(22,23)24)8-13(7-11)26-15(29)9-30-16-27-25-10-28(16)14-4-2-1-3-5-14/h1-8,10H,9H2,(H,26,29). The number of rotatable bonds is 5. The van der Waals surface area contributed by atoms with Gasteiger partial charge in [-0.1, -0.05) is 30.0 Å². The Bertz CT molecular complexity index is 1000. The summed E-state index contributed by atoms with van der Waals surface area (Å²) in [7, 11) is 0. The van der Waals surface area contributed by atoms with Crippen molar-refractivity contribution in [3.05, 3.63) is 66.0 Å². The molecule has 0 spiro atoms. The van der Waals surface area contributed by atoms with Crippen molar-refractivity contribution in [1.29, 1.82) is 0 Å². The van der Waals surface area contributed by atoms with E-state index in [0.29, 0.717) is 17.3 Å². The van der Waals surface area contributed by atoms with E-state index in [2.05, 4.69) is 15.5 Å². The number of amides is 1. The molecule has 2 aromatic carbocycles. The zero-order chi connectivity index (χ0) is 21.9. The Hall–Kier alpha value is -3.02. The highest BCUT2D eigenvalue weighted by molar-refractivity contribution is 7.99. The van der Waals surface area contributed by atoms with Gasteiger partial charge in [0.25, 0.3) is 0 Å². The van der Waals surface area contributed by atoms with Crippen molar-refractivity contribution in [1.82, 2.24) is 14.8 Å². The molecule has 0 aliphatic carbocycles. The lowest BCUT2D eigenvalue weighted by Crippen LogP contribution is -2.17. The van der Waals surface area contributed by atoms with Gasteiger partial charge in [-0.15, -0.1) is 10.2 Å². The largest absolute Gasteiger partial charge is 0.416 e. The summed E-state index contributed by atoms with van der Waals surface area (Å²) in [5.41, 5.74) is -2.90. The molecule has 0 aliphatic heterocycles. The van der Waals surface area contributed by atoms with Crippen LogP contribution in [0.5, 0.6) is 0 Å². The summed E-state index contributed by atoms with van der Waals surface area (Å²) in [6, 6.07) is 9.80. The van der Waals surface area contributed by atoms with Crippen LogP contribution >= 0.6 is 11.8 Å². The monoisotopic (exact) mass is 446 g/mol. The number of thioether (sulfide) groups is 1. The molecule has 12 heteroatoms. The molecule has 0 aliphatic rings. The summed E-state index contributed by atoms with van der Waals surface area (Å²) in [4.78, 5) is 12.1. The fourth-order valence-corrected chi connectivity index (χ4v) is 3.17. The molecule has 30 heavy (non-hydrogen) atoms. The lowest BCUT2D eigenvalue weighted by molar-refractivity contribution is -0.143. The van der Waals surface area contributed by atoms with Gasteiger partial charge in [-0.05, 0) is 30.3 Å². The van der Waals surface area contributed by atoms with Crippen molar-refractivity contribution in [2.45, 2.75) is 17.5 Å². The molecular weight excluding hydrogens is 434 g/mol. The number of carbonyl (C=O) groups excluding carboxylic acids is 1. The Labute approximate surface area is 170 Å². The topological polar surface area (TPSA) is 59.8 Å². The molecule has 158 valence electrons. The zero-order valence-electron chi connectivity index (χ0n) is 14.8. The number of carbonyl (C=O) groups is 1. The summed E-state index contributed by atoms with van der Waals surface area (Å²) < 4.78 is 79.1. The number of anilines is 1. The lowest BCUT2D eigenvalue weighted by Gasteiger charge is -2.14. The minimum Gasteiger partial charge on any atom is -0.325 e. The van der Waals surface area contributed by atoms with E-state index in [0.717, 1.165) is 17.4 Å². The molecule has 1 N–H and O–H groups in total. The highest BCUT2D eigenvalue weighted by Crippen LogP contribution is 2.37. The number of aromatic nitrogens is 3. The molecule has 3 rings (SSSR count). The van der Waals surface area contributed by atoms with Gasteiger partial charge in [0.15, 0.2) is 5.16 Å². The van der Waals surface area contributed by atoms with Crippen LogP contribution in [-0.4, -0.2) is 26.4 Å². The Kier molecular flexibility index (Phi) is 6.06. The average molecular weight is 446 g/mol. The molecule has 1 heterocycles. The second-order valence-electron chi connectivity index (χ2n) is 5.95. The smallest absolute Gasteiger partial charge is 0.325 e. The first kappa shape index (κ1) is 21.7. The highest BCUT2D eigenvalue weighted by atomic mass is 32.2. The molecular formula is C18H12F6N4OS. The van der Waals surface area contributed by atoms with E-state index in [4.69, 9.17) is 0 Å². The fourth-order valence-electron chi connectivity index (χ4n) is 2.44. The summed E-state index contributed by atoms with van der Waals surface area (Å²) >= 11 is 0.928. The van der Waals surface area contributed by atoms with Crippen molar-refractivity contribution in [2.24, 2.45) is 0 Å². The average Bonchev–Trinajstić information content (AvgIpc) is 3.14. The van der Waals surface area contributed by atoms with Crippen LogP contribution in [0.1, 0.15) is 11.1 Å². The quantitative estimate of drug-likeness (QED) is 0.441. The second-order valence-corrected chi connectivity index (χ2v) is 6.89. The van der Waals surface area contributed by atoms with E-state index in [9.17, 15) is 31.1 Å². The van der Waals surface area contributed by atoms with Gasteiger partial charge in [-0.3, -0.25) is 9.36 Å². The van der Waals surface area contributed by atoms with Crippen LogP contribution in [0.15, 0.2) is 60.0 Å². The summed E-state index contributed by atoms with van der Waals surface area (Å²) in [6.07, 6.45) is -8.58. The van der Waals surface area contributed by atoms with Gasteiger partial charge in [0.05, 0.1) is 16.9 Å². The maximum atomic E-state index is 12.9. The van der Waals surface area contributed by atoms with E-state index in [1.165, 1.54) is 6.33 Å². The van der Waals surface area contributed by atoms with Crippen LogP contribution in [0.3, 0.4) is 0 Å². The van der Waals surface area contributed by atoms with E-state index in [-0.39, 0.29) is 11.8 Å². The Balaban J connectivity index is 1.74. The van der Waals surface area contributed by atoms with Gasteiger partial charge in [-0.25, -0.2) is 0 Å². The second kappa shape index (κ2) is 8.38. The van der Waals surface area contributed by atoms with Gasteiger partial charge >= 0.3 is 12.4 Å². The number of benzene rings is 2. The molecule has 1 amide bonds. The number of hydrogen-bond donors (Lipinski definition) is 1. The SMILES string of the molecule is O=C(CSc1nncn1-c1ccccc1)Nc1cc(C(F)(F)F)cc(C(F)(F)F)c1. The fraction of sp³-hybridized carbons (Fsp3) is 0.167. The first-order valence-electron chi connectivity index (χ1n) is 8.21. The number of para-hydroxylation sites is 1. The molecule has 0 atom stereocenters. The van der Waals surface area contributed by atoms with Crippen LogP contribution in [0.4, 0.5) is 32.0 Å². The third-order valence-corrected chi connectivity index (χ3v) is 4.70. The number of nitrogens with one attached hydrogen (secondary N) is 1. The van der Waals surface area contributed by atoms with Crippen molar-refractivity contribution in [2.75, 3.05) is 11.1 Å². The van der Waals surface area contributed by atoms with E-state index in [1.807, 2.05) is 0 Å². The van der Waals surface area contributed by atoms with E-state index in [1.54, 1.807) is 34.9 Å². The first-order chi connectivity index (χ1) is 14.0. The van der Waals surface area contributed by atoms with Gasteiger partial charge < -0.3 is 5.32 Å². The van der Waals surface area contributed by atoms with Crippen LogP contribution in [0.25, 0.3) is 5.69 Å². The summed E-state index contributed by atoms with van der Waals surface area (Å²) in [6.45, 7) is 0. The van der Waals surface area contributed by atoms with Crippen LogP contribution < -0.4 is 5.32 Å². The number of alkyl halides is 6. The predicted molar refractivity (Wildman–Crippen MR) is 97.2 cm³/mol. The number of halogens is 6. The van der Waals surface area contributed by atoms with Gasteiger partial charge in [0.1, 0.15) is 6.33 Å². The third-order valence-electron chi connectivity index (χ3n) is 3.75. The van der Waals surface area contributed by atoms with Crippen molar-refractivity contribution in [3.63, 3.8) is 0 Å². The van der Waals surface area contributed by atoms with Gasteiger partial charge in [0.2, 0.25) is 5.91 Å². The number of hydrogen-bond acceptors (Lipinski definition) is 4. The van der Waals surface area contributed by atoms with Crippen LogP contribution in [0.2, 0.25) is 0 Å². The van der Waals surface area contributed by atoms with Gasteiger partial charge in [0, 0.05) is 11.4 Å². The molecule has 0 bridgehead atoms. The Morgan fingerprint density at radius 1 is 0.967 bits per heavy atom. The highest BCUT2D eigenvalue weighted by Gasteiger charge is 2.37. The Morgan fingerprint density at radius 3 is 2.13 bits per heavy atom. The predicted octanol–water partition coefficient (Wildman–Crippen LogP) is 5.04. The molecule has 0 radical (unpaired) electrons. The summed E-state index contributed by atoms with van der Waals surface area (Å²) in [5, 5.41) is 10.0. The molecule has 0 saturated heterocycles.